The first-order valence-corrected chi connectivity index (χ1v) is 5.86. The number of benzene rings is 1. The van der Waals surface area contributed by atoms with Gasteiger partial charge in [0.2, 0.25) is 0 Å². The maximum absolute atomic E-state index is 12.1. The van der Waals surface area contributed by atoms with E-state index in [1.807, 2.05) is 0 Å². The van der Waals surface area contributed by atoms with Gasteiger partial charge in [-0.2, -0.15) is 0 Å². The Hall–Kier alpha value is -2.17. The molecule has 0 bridgehead atoms. The fraction of sp³-hybridized carbons (Fsp3) is 0.357. The second-order valence-electron chi connectivity index (χ2n) is 3.89. The summed E-state index contributed by atoms with van der Waals surface area (Å²) in [6.45, 7) is 2.94. The lowest BCUT2D eigenvalue weighted by atomic mass is 9.94. The Morgan fingerprint density at radius 3 is 2.16 bits per heavy atom. The van der Waals surface area contributed by atoms with E-state index in [2.05, 4.69) is 0 Å². The van der Waals surface area contributed by atoms with E-state index in [1.54, 1.807) is 19.1 Å². The molecule has 0 radical (unpaired) electrons. The molecule has 0 aliphatic rings. The Labute approximate surface area is 111 Å². The molecule has 0 aliphatic carbocycles. The molecule has 0 aromatic heterocycles. The number of rotatable bonds is 6. The molecule has 0 aliphatic heterocycles. The zero-order valence-electron chi connectivity index (χ0n) is 11.1. The zero-order chi connectivity index (χ0) is 14.4. The second kappa shape index (κ2) is 6.68. The van der Waals surface area contributed by atoms with Crippen LogP contribution in [-0.2, 0) is 14.3 Å². The van der Waals surface area contributed by atoms with Crippen molar-refractivity contribution in [1.82, 2.24) is 0 Å². The minimum atomic E-state index is -1.40. The molecule has 0 saturated carbocycles. The van der Waals surface area contributed by atoms with E-state index in [0.717, 1.165) is 0 Å². The fourth-order valence-corrected chi connectivity index (χ4v) is 1.61. The number of ketones is 2. The number of hydrogen-bond acceptors (Lipinski definition) is 5. The average Bonchev–Trinajstić information content (AvgIpc) is 2.38. The van der Waals surface area contributed by atoms with Crippen LogP contribution in [0.4, 0.5) is 0 Å². The van der Waals surface area contributed by atoms with E-state index >= 15 is 0 Å². The van der Waals surface area contributed by atoms with Gasteiger partial charge in [0.1, 0.15) is 5.75 Å². The first kappa shape index (κ1) is 14.9. The standard InChI is InChI=1S/C14H16O5/c1-4-19-14(17)12(9(2)15)13(16)10-5-7-11(18-3)8-6-10/h5-8,12H,4H2,1-3H3. The third-order valence-electron chi connectivity index (χ3n) is 2.57. The molecular formula is C14H16O5. The van der Waals surface area contributed by atoms with Crippen molar-refractivity contribution >= 4 is 17.5 Å². The topological polar surface area (TPSA) is 69.7 Å². The van der Waals surface area contributed by atoms with Gasteiger partial charge in [0.05, 0.1) is 13.7 Å². The van der Waals surface area contributed by atoms with Crippen LogP contribution in [0.3, 0.4) is 0 Å². The summed E-state index contributed by atoms with van der Waals surface area (Å²) >= 11 is 0. The molecule has 0 N–H and O–H groups in total. The van der Waals surface area contributed by atoms with Gasteiger partial charge in [-0.1, -0.05) is 0 Å². The van der Waals surface area contributed by atoms with Crippen LogP contribution in [-0.4, -0.2) is 31.3 Å². The van der Waals surface area contributed by atoms with Crippen molar-refractivity contribution in [2.24, 2.45) is 5.92 Å². The van der Waals surface area contributed by atoms with Crippen LogP contribution in [0, 0.1) is 5.92 Å². The summed E-state index contributed by atoms with van der Waals surface area (Å²) in [5.41, 5.74) is 0.272. The molecule has 1 atom stereocenters. The quantitative estimate of drug-likeness (QED) is 0.444. The molecule has 1 rings (SSSR count). The monoisotopic (exact) mass is 264 g/mol. The highest BCUT2D eigenvalue weighted by Gasteiger charge is 2.33. The number of carbonyl (C=O) groups excluding carboxylic acids is 3. The first-order chi connectivity index (χ1) is 9.01. The molecule has 0 saturated heterocycles. The fourth-order valence-electron chi connectivity index (χ4n) is 1.61. The van der Waals surface area contributed by atoms with Gasteiger partial charge in [0.15, 0.2) is 17.5 Å². The molecule has 0 heterocycles. The number of hydrogen-bond donors (Lipinski definition) is 0. The summed E-state index contributed by atoms with van der Waals surface area (Å²) in [7, 11) is 1.51. The largest absolute Gasteiger partial charge is 0.497 e. The molecule has 1 aromatic rings. The van der Waals surface area contributed by atoms with Crippen molar-refractivity contribution in [2.75, 3.05) is 13.7 Å². The van der Waals surface area contributed by atoms with E-state index in [-0.39, 0.29) is 12.2 Å². The van der Waals surface area contributed by atoms with Crippen molar-refractivity contribution in [3.63, 3.8) is 0 Å². The molecule has 0 spiro atoms. The van der Waals surface area contributed by atoms with Crippen molar-refractivity contribution in [3.05, 3.63) is 29.8 Å². The van der Waals surface area contributed by atoms with E-state index in [4.69, 9.17) is 9.47 Å². The predicted octanol–water partition coefficient (Wildman–Crippen LogP) is 1.65. The summed E-state index contributed by atoms with van der Waals surface area (Å²) in [6.07, 6.45) is 0. The van der Waals surface area contributed by atoms with Crippen molar-refractivity contribution < 1.29 is 23.9 Å². The highest BCUT2D eigenvalue weighted by Crippen LogP contribution is 2.16. The summed E-state index contributed by atoms with van der Waals surface area (Å²) in [5.74, 6) is -2.70. The molecule has 1 unspecified atom stereocenters. The number of esters is 1. The number of Topliss-reactive ketones (excluding diaryl/α,β-unsaturated/α-hetero) is 2. The van der Waals surface area contributed by atoms with Crippen LogP contribution in [0.25, 0.3) is 0 Å². The van der Waals surface area contributed by atoms with Gasteiger partial charge in [-0.15, -0.1) is 0 Å². The van der Waals surface area contributed by atoms with Gasteiger partial charge in [0, 0.05) is 5.56 Å². The van der Waals surface area contributed by atoms with Gasteiger partial charge in [-0.25, -0.2) is 0 Å². The normalized spacial score (nSPS) is 11.5. The molecule has 5 heteroatoms. The number of methoxy groups -OCH3 is 1. The van der Waals surface area contributed by atoms with E-state index in [1.165, 1.54) is 26.2 Å². The maximum atomic E-state index is 12.1. The Kier molecular flexibility index (Phi) is 5.23. The third kappa shape index (κ3) is 3.64. The lowest BCUT2D eigenvalue weighted by Gasteiger charge is -2.11. The highest BCUT2D eigenvalue weighted by molar-refractivity contribution is 6.22. The first-order valence-electron chi connectivity index (χ1n) is 5.86. The molecule has 102 valence electrons. The summed E-state index contributed by atoms with van der Waals surface area (Å²) in [5, 5.41) is 0. The molecule has 0 fully saturated rings. The molecule has 0 amide bonds. The summed E-state index contributed by atoms with van der Waals surface area (Å²) in [4.78, 5) is 35.2. The Balaban J connectivity index is 2.98. The van der Waals surface area contributed by atoms with Gasteiger partial charge < -0.3 is 9.47 Å². The molecular weight excluding hydrogens is 248 g/mol. The number of carbonyl (C=O) groups is 3. The van der Waals surface area contributed by atoms with Crippen LogP contribution < -0.4 is 4.74 Å². The average molecular weight is 264 g/mol. The summed E-state index contributed by atoms with van der Waals surface area (Å²) in [6, 6.07) is 6.21. The van der Waals surface area contributed by atoms with Crippen molar-refractivity contribution in [1.29, 1.82) is 0 Å². The minimum Gasteiger partial charge on any atom is -0.497 e. The summed E-state index contributed by atoms with van der Waals surface area (Å²) < 4.78 is 9.72. The molecule has 19 heavy (non-hydrogen) atoms. The zero-order valence-corrected chi connectivity index (χ0v) is 11.1. The Bertz CT molecular complexity index is 475. The third-order valence-corrected chi connectivity index (χ3v) is 2.57. The van der Waals surface area contributed by atoms with Crippen molar-refractivity contribution in [3.8, 4) is 5.75 Å². The lowest BCUT2D eigenvalue weighted by Crippen LogP contribution is -2.32. The number of ether oxygens (including phenoxy) is 2. The van der Waals surface area contributed by atoms with Gasteiger partial charge >= 0.3 is 5.97 Å². The van der Waals surface area contributed by atoms with Crippen LogP contribution in [0.2, 0.25) is 0 Å². The highest BCUT2D eigenvalue weighted by atomic mass is 16.5. The van der Waals surface area contributed by atoms with E-state index in [0.29, 0.717) is 5.75 Å². The Morgan fingerprint density at radius 2 is 1.74 bits per heavy atom. The predicted molar refractivity (Wildman–Crippen MR) is 68.1 cm³/mol. The van der Waals surface area contributed by atoms with Crippen LogP contribution in [0.5, 0.6) is 5.75 Å². The molecule has 5 nitrogen and oxygen atoms in total. The lowest BCUT2D eigenvalue weighted by molar-refractivity contribution is -0.148. The van der Waals surface area contributed by atoms with Crippen LogP contribution in [0.15, 0.2) is 24.3 Å². The SMILES string of the molecule is CCOC(=O)C(C(C)=O)C(=O)c1ccc(OC)cc1. The minimum absolute atomic E-state index is 0.124. The maximum Gasteiger partial charge on any atom is 0.324 e. The van der Waals surface area contributed by atoms with Gasteiger partial charge in [-0.3, -0.25) is 14.4 Å². The second-order valence-corrected chi connectivity index (χ2v) is 3.89. The molecule has 1 aromatic carbocycles. The Morgan fingerprint density at radius 1 is 1.16 bits per heavy atom. The van der Waals surface area contributed by atoms with Crippen molar-refractivity contribution in [2.45, 2.75) is 13.8 Å². The van der Waals surface area contributed by atoms with Gasteiger partial charge in [-0.05, 0) is 38.1 Å². The van der Waals surface area contributed by atoms with Crippen LogP contribution in [0.1, 0.15) is 24.2 Å². The van der Waals surface area contributed by atoms with Crippen LogP contribution >= 0.6 is 0 Å². The smallest absolute Gasteiger partial charge is 0.324 e. The van der Waals surface area contributed by atoms with E-state index < -0.39 is 23.5 Å². The van der Waals surface area contributed by atoms with Gasteiger partial charge in [0.25, 0.3) is 0 Å². The van der Waals surface area contributed by atoms with E-state index in [9.17, 15) is 14.4 Å².